The van der Waals surface area contributed by atoms with Gasteiger partial charge in [0.05, 0.1) is 5.75 Å². The van der Waals surface area contributed by atoms with E-state index in [0.29, 0.717) is 0 Å². The third-order valence-electron chi connectivity index (χ3n) is 0.886. The molecule has 10 heavy (non-hydrogen) atoms. The van der Waals surface area contributed by atoms with Crippen molar-refractivity contribution in [2.75, 3.05) is 19.3 Å². The largest absolute Gasteiger partial charge is 0.323 e. The average Bonchev–Trinajstić information content (AvgIpc) is 1.89. The van der Waals surface area contributed by atoms with Crippen LogP contribution >= 0.6 is 0 Å². The van der Waals surface area contributed by atoms with Gasteiger partial charge in [0.25, 0.3) is 0 Å². The Morgan fingerprint density at radius 1 is 1.60 bits per heavy atom. The lowest BCUT2D eigenvalue weighted by Crippen LogP contribution is -2.27. The third kappa shape index (κ3) is 4.12. The lowest BCUT2D eigenvalue weighted by molar-refractivity contribution is 0.586. The number of rotatable bonds is 4. The highest BCUT2D eigenvalue weighted by Crippen LogP contribution is 1.77. The average molecular weight is 163 g/mol. The predicted octanol–water partition coefficient (Wildman–Crippen LogP) is -1.39. The van der Waals surface area contributed by atoms with Crippen LogP contribution < -0.4 is 10.0 Å². The molecule has 0 fully saturated rings. The Morgan fingerprint density at radius 2 is 2.20 bits per heavy atom. The van der Waals surface area contributed by atoms with E-state index in [1.165, 1.54) is 7.05 Å². The molecule has 0 amide bonds. The first-order chi connectivity index (χ1) is 4.62. The summed E-state index contributed by atoms with van der Waals surface area (Å²) in [5.74, 6) is -0.0724. The molecule has 0 spiro atoms. The Hall–Kier alpha value is -0.800. The molecule has 0 aromatic rings. The molecule has 0 saturated heterocycles. The molecule has 0 unspecified atom stereocenters. The number of nitriles is 1. The van der Waals surface area contributed by atoms with E-state index in [2.05, 4.69) is 10.0 Å². The van der Waals surface area contributed by atoms with E-state index >= 15 is 0 Å². The van der Waals surface area contributed by atoms with Gasteiger partial charge in [-0.05, 0) is 7.05 Å². The Bertz CT molecular complexity index is 215. The van der Waals surface area contributed by atoms with E-state index in [-0.39, 0.29) is 12.3 Å². The molecule has 6 heteroatoms. The van der Waals surface area contributed by atoms with E-state index < -0.39 is 10.0 Å². The van der Waals surface area contributed by atoms with E-state index in [0.717, 1.165) is 0 Å². The van der Waals surface area contributed by atoms with Crippen molar-refractivity contribution < 1.29 is 8.42 Å². The minimum absolute atomic E-state index is 0.0724. The zero-order valence-corrected chi connectivity index (χ0v) is 6.40. The molecule has 0 aliphatic carbocycles. The fourth-order valence-corrected chi connectivity index (χ4v) is 0.918. The summed E-state index contributed by atoms with van der Waals surface area (Å²) in [6.45, 7) is 0.152. The molecule has 0 atom stereocenters. The van der Waals surface area contributed by atoms with Crippen molar-refractivity contribution in [3.05, 3.63) is 0 Å². The van der Waals surface area contributed by atoms with Gasteiger partial charge in [0.2, 0.25) is 10.0 Å². The van der Waals surface area contributed by atoms with Gasteiger partial charge < -0.3 is 5.32 Å². The van der Waals surface area contributed by atoms with Crippen molar-refractivity contribution in [2.24, 2.45) is 0 Å². The van der Waals surface area contributed by atoms with Gasteiger partial charge in [-0.25, -0.2) is 13.1 Å². The van der Waals surface area contributed by atoms with Crippen LogP contribution in [0.1, 0.15) is 0 Å². The summed E-state index contributed by atoms with van der Waals surface area (Å²) in [6.07, 6.45) is 1.62. The van der Waals surface area contributed by atoms with E-state index in [4.69, 9.17) is 5.26 Å². The Balaban J connectivity index is 3.61. The SMILES string of the molecule is CNS(=O)(=O)CCNC#N. The Morgan fingerprint density at radius 3 is 2.60 bits per heavy atom. The number of nitrogens with zero attached hydrogens (tertiary/aromatic N) is 1. The lowest BCUT2D eigenvalue weighted by Gasteiger charge is -1.98. The predicted molar refractivity (Wildman–Crippen MR) is 36.5 cm³/mol. The van der Waals surface area contributed by atoms with Crippen molar-refractivity contribution in [2.45, 2.75) is 0 Å². The van der Waals surface area contributed by atoms with Crippen molar-refractivity contribution in [3.8, 4) is 6.19 Å². The molecule has 0 aromatic heterocycles. The summed E-state index contributed by atoms with van der Waals surface area (Å²) in [5, 5.41) is 10.2. The molecule has 0 bridgehead atoms. The third-order valence-corrected chi connectivity index (χ3v) is 2.25. The van der Waals surface area contributed by atoms with E-state index in [1.807, 2.05) is 0 Å². The highest BCUT2D eigenvalue weighted by Gasteiger charge is 2.03. The summed E-state index contributed by atoms with van der Waals surface area (Å²) < 4.78 is 23.4. The number of sulfonamides is 1. The zero-order valence-electron chi connectivity index (χ0n) is 5.59. The Kier molecular flexibility index (Phi) is 3.76. The molecule has 0 rings (SSSR count). The number of hydrogen-bond donors (Lipinski definition) is 2. The normalized spacial score (nSPS) is 10.4. The fraction of sp³-hybridized carbons (Fsp3) is 0.750. The van der Waals surface area contributed by atoms with Crippen LogP contribution in [0.3, 0.4) is 0 Å². The molecule has 58 valence electrons. The van der Waals surface area contributed by atoms with Crippen LogP contribution in [0.4, 0.5) is 0 Å². The van der Waals surface area contributed by atoms with Crippen molar-refractivity contribution >= 4 is 10.0 Å². The standard InChI is InChI=1S/C4H9N3O2S/c1-6-10(8,9)3-2-7-4-5/h6-7H,2-3H2,1H3. The monoisotopic (exact) mass is 163 g/mol. The highest BCUT2D eigenvalue weighted by molar-refractivity contribution is 7.89. The van der Waals surface area contributed by atoms with E-state index in [9.17, 15) is 8.42 Å². The molecule has 0 radical (unpaired) electrons. The number of hydrogen-bond acceptors (Lipinski definition) is 4. The second-order valence-electron chi connectivity index (χ2n) is 1.56. The van der Waals surface area contributed by atoms with Gasteiger partial charge in [-0.1, -0.05) is 0 Å². The Labute approximate surface area is 60.1 Å². The zero-order chi connectivity index (χ0) is 8.04. The smallest absolute Gasteiger partial charge is 0.213 e. The van der Waals surface area contributed by atoms with Crippen molar-refractivity contribution in [1.29, 1.82) is 5.26 Å². The lowest BCUT2D eigenvalue weighted by atomic mass is 10.8. The van der Waals surface area contributed by atoms with Crippen LogP contribution in [-0.2, 0) is 10.0 Å². The first-order valence-corrected chi connectivity index (χ1v) is 4.31. The molecule has 2 N–H and O–H groups in total. The molecule has 0 aliphatic heterocycles. The first-order valence-electron chi connectivity index (χ1n) is 2.65. The van der Waals surface area contributed by atoms with Crippen molar-refractivity contribution in [3.63, 3.8) is 0 Å². The summed E-state index contributed by atoms with van der Waals surface area (Å²) in [7, 11) is -1.82. The maximum atomic E-state index is 10.6. The highest BCUT2D eigenvalue weighted by atomic mass is 32.2. The molecular formula is C4H9N3O2S. The van der Waals surface area contributed by atoms with E-state index in [1.54, 1.807) is 6.19 Å². The second-order valence-corrected chi connectivity index (χ2v) is 3.61. The topological polar surface area (TPSA) is 82.0 Å². The summed E-state index contributed by atoms with van der Waals surface area (Å²) in [4.78, 5) is 0. The quantitative estimate of drug-likeness (QED) is 0.303. The maximum absolute atomic E-state index is 10.6. The molecule has 0 saturated carbocycles. The minimum atomic E-state index is -3.16. The van der Waals surface area contributed by atoms with Gasteiger partial charge in [-0.3, -0.25) is 0 Å². The summed E-state index contributed by atoms with van der Waals surface area (Å²) >= 11 is 0. The molecule has 0 heterocycles. The van der Waals surface area contributed by atoms with Crippen molar-refractivity contribution in [1.82, 2.24) is 10.0 Å². The van der Waals surface area contributed by atoms with Gasteiger partial charge >= 0.3 is 0 Å². The maximum Gasteiger partial charge on any atom is 0.213 e. The second kappa shape index (κ2) is 4.09. The molecule has 0 aliphatic rings. The molecule has 0 aromatic carbocycles. The van der Waals surface area contributed by atoms with Gasteiger partial charge in [-0.2, -0.15) is 5.26 Å². The van der Waals surface area contributed by atoms with Gasteiger partial charge in [0.15, 0.2) is 6.19 Å². The van der Waals surface area contributed by atoms with Gasteiger partial charge in [0, 0.05) is 6.54 Å². The molecular weight excluding hydrogens is 154 g/mol. The van der Waals surface area contributed by atoms with Gasteiger partial charge in [0.1, 0.15) is 0 Å². The number of nitrogens with one attached hydrogen (secondary N) is 2. The van der Waals surface area contributed by atoms with Crippen LogP contribution in [0.25, 0.3) is 0 Å². The van der Waals surface area contributed by atoms with Crippen LogP contribution in [0, 0.1) is 11.5 Å². The minimum Gasteiger partial charge on any atom is -0.323 e. The summed E-state index contributed by atoms with van der Waals surface area (Å²) in [6, 6.07) is 0. The van der Waals surface area contributed by atoms with Gasteiger partial charge in [-0.15, -0.1) is 0 Å². The first kappa shape index (κ1) is 9.20. The van der Waals surface area contributed by atoms with Crippen LogP contribution in [0.2, 0.25) is 0 Å². The summed E-state index contributed by atoms with van der Waals surface area (Å²) in [5.41, 5.74) is 0. The molecule has 5 nitrogen and oxygen atoms in total. The van der Waals surface area contributed by atoms with Crippen LogP contribution in [0.15, 0.2) is 0 Å². The van der Waals surface area contributed by atoms with Crippen LogP contribution in [-0.4, -0.2) is 27.8 Å². The van der Waals surface area contributed by atoms with Crippen LogP contribution in [0.5, 0.6) is 0 Å². The fourth-order valence-electron chi connectivity index (χ4n) is 0.343.